The number of hydrogen-bond acceptors (Lipinski definition) is 7. The van der Waals surface area contributed by atoms with E-state index in [4.69, 9.17) is 35.8 Å². The predicted octanol–water partition coefficient (Wildman–Crippen LogP) is 2.02. The fourth-order valence-corrected chi connectivity index (χ4v) is 10.5. The van der Waals surface area contributed by atoms with Crippen LogP contribution in [0.2, 0.25) is 0 Å². The SMILES string of the molecule is CSc1nc(-c2ccccc2)[nH]c(=S)c1[P+](c1ccccc1)(c1ccccc1)c1ccccc1.[O-][Cl+3]([O-])([O-])O. The van der Waals surface area contributed by atoms with Crippen molar-refractivity contribution in [1.82, 2.24) is 9.97 Å². The minimum Gasteiger partial charge on any atom is -0.327 e. The van der Waals surface area contributed by atoms with E-state index in [1.54, 1.807) is 11.8 Å². The first-order valence-electron chi connectivity index (χ1n) is 11.7. The number of rotatable bonds is 6. The van der Waals surface area contributed by atoms with E-state index in [2.05, 4.69) is 114 Å². The Morgan fingerprint density at radius 2 is 1.08 bits per heavy atom. The van der Waals surface area contributed by atoms with E-state index >= 15 is 0 Å². The standard InChI is InChI=1S/C29H23N2PS2.ClHO4/c1-34-29-26(28(33)30-27(31-29)22-14-6-2-7-15-22)32(23-16-8-3-9-17-23,24-18-10-4-11-19-24)25-20-12-5-13-21-25;2-1(3,4)5/h2-21H,1H3;(H,2,3,4,5)/p+1. The van der Waals surface area contributed by atoms with Crippen molar-refractivity contribution in [2.45, 2.75) is 5.03 Å². The molecule has 0 amide bonds. The largest absolute Gasteiger partial charge is 0.327 e. The summed E-state index contributed by atoms with van der Waals surface area (Å²) in [6.45, 7) is 0. The molecule has 0 aliphatic heterocycles. The number of thioether (sulfide) groups is 1. The summed E-state index contributed by atoms with van der Waals surface area (Å²) in [6.07, 6.45) is 2.09. The molecule has 5 rings (SSSR count). The monoisotopic (exact) mass is 595 g/mol. The molecule has 10 heteroatoms. The lowest BCUT2D eigenvalue weighted by Crippen LogP contribution is -2.58. The molecule has 0 aliphatic rings. The summed E-state index contributed by atoms with van der Waals surface area (Å²) in [4.78, 5) is 8.63. The van der Waals surface area contributed by atoms with Crippen molar-refractivity contribution in [2.24, 2.45) is 0 Å². The molecule has 0 fully saturated rings. The third-order valence-corrected chi connectivity index (χ3v) is 11.5. The molecule has 0 radical (unpaired) electrons. The molecule has 0 bridgehead atoms. The molecule has 5 aromatic rings. The third kappa shape index (κ3) is 6.81. The second kappa shape index (κ2) is 13.0. The lowest BCUT2D eigenvalue weighted by atomic mass is 10.2. The fourth-order valence-electron chi connectivity index (χ4n) is 4.41. The molecule has 4 aromatic carbocycles. The van der Waals surface area contributed by atoms with Gasteiger partial charge in [0.15, 0.2) is 9.95 Å². The molecule has 0 unspecified atom stereocenters. The summed E-state index contributed by atoms with van der Waals surface area (Å²) >= 11 is 7.82. The van der Waals surface area contributed by atoms with E-state index in [1.165, 1.54) is 15.9 Å². The number of aromatic amines is 1. The maximum Gasteiger partial charge on any atom is 0.176 e. The van der Waals surface area contributed by atoms with Crippen LogP contribution >= 0.6 is 31.2 Å². The minimum atomic E-state index is -4.69. The van der Waals surface area contributed by atoms with Crippen LogP contribution in [0.25, 0.3) is 11.4 Å². The molecule has 6 nitrogen and oxygen atoms in total. The maximum atomic E-state index is 8.60. The fraction of sp³-hybridized carbons (Fsp3) is 0.0345. The van der Waals surface area contributed by atoms with Crippen LogP contribution in [0.5, 0.6) is 0 Å². The Kier molecular flexibility index (Phi) is 9.67. The maximum absolute atomic E-state index is 8.60. The van der Waals surface area contributed by atoms with Crippen molar-refractivity contribution in [3.05, 3.63) is 126 Å². The van der Waals surface area contributed by atoms with Crippen LogP contribution in [0, 0.1) is 14.9 Å². The Morgan fingerprint density at radius 1 is 0.718 bits per heavy atom. The zero-order valence-electron chi connectivity index (χ0n) is 20.8. The molecule has 0 saturated carbocycles. The van der Waals surface area contributed by atoms with Gasteiger partial charge in [0.05, 0.1) is 14.9 Å². The summed E-state index contributed by atoms with van der Waals surface area (Å²) in [5.41, 5.74) is 1.03. The summed E-state index contributed by atoms with van der Waals surface area (Å²) < 4.78 is 33.5. The van der Waals surface area contributed by atoms with E-state index in [0.29, 0.717) is 0 Å². The summed E-state index contributed by atoms with van der Waals surface area (Å²) in [5, 5.41) is 5.86. The number of aromatic nitrogens is 2. The Bertz CT molecular complexity index is 1450. The lowest BCUT2D eigenvalue weighted by molar-refractivity contribution is -1.92. The molecule has 1 aromatic heterocycles. The molecule has 39 heavy (non-hydrogen) atoms. The van der Waals surface area contributed by atoms with Gasteiger partial charge in [0.2, 0.25) is 0 Å². The Hall–Kier alpha value is -2.91. The van der Waals surface area contributed by atoms with Gasteiger partial charge in [-0.25, -0.2) is 4.98 Å². The topological polar surface area (TPSA) is 118 Å². The predicted molar refractivity (Wildman–Crippen MR) is 154 cm³/mol. The molecule has 0 atom stereocenters. The van der Waals surface area contributed by atoms with E-state index in [-0.39, 0.29) is 0 Å². The van der Waals surface area contributed by atoms with Gasteiger partial charge in [-0.2, -0.15) is 14.0 Å². The lowest BCUT2D eigenvalue weighted by Gasteiger charge is -2.28. The molecule has 0 spiro atoms. The highest BCUT2D eigenvalue weighted by atomic mass is 35.7. The second-order valence-corrected chi connectivity index (χ2v) is 13.5. The van der Waals surface area contributed by atoms with Gasteiger partial charge in [0.1, 0.15) is 34.0 Å². The minimum absolute atomic E-state index is 0.739. The number of nitrogens with zero attached hydrogens (tertiary/aromatic N) is 1. The van der Waals surface area contributed by atoms with Gasteiger partial charge >= 0.3 is 0 Å². The van der Waals surface area contributed by atoms with Crippen LogP contribution < -0.4 is 35.2 Å². The number of halogens is 1. The first-order chi connectivity index (χ1) is 18.7. The van der Waals surface area contributed by atoms with Crippen molar-refractivity contribution >= 4 is 52.5 Å². The summed E-state index contributed by atoms with van der Waals surface area (Å²) in [5.74, 6) is 0.797. The van der Waals surface area contributed by atoms with Crippen LogP contribution in [0.15, 0.2) is 126 Å². The van der Waals surface area contributed by atoms with Crippen LogP contribution in [-0.4, -0.2) is 20.9 Å². The second-order valence-electron chi connectivity index (χ2n) is 8.21. The van der Waals surface area contributed by atoms with Gasteiger partial charge in [0.25, 0.3) is 0 Å². The highest BCUT2D eigenvalue weighted by Gasteiger charge is 2.51. The zero-order valence-corrected chi connectivity index (χ0v) is 24.1. The Morgan fingerprint density at radius 3 is 1.44 bits per heavy atom. The molecule has 0 aliphatic carbocycles. The van der Waals surface area contributed by atoms with Crippen molar-refractivity contribution in [1.29, 1.82) is 0 Å². The van der Waals surface area contributed by atoms with Gasteiger partial charge < -0.3 is 4.98 Å². The van der Waals surface area contributed by atoms with E-state index in [9.17, 15) is 0 Å². The molecule has 0 saturated heterocycles. The number of H-pyrrole nitrogens is 1. The number of nitrogens with one attached hydrogen (secondary N) is 1. The van der Waals surface area contributed by atoms with Crippen LogP contribution in [0.1, 0.15) is 0 Å². The Balaban J connectivity index is 0.000000648. The quantitative estimate of drug-likeness (QED) is 0.133. The van der Waals surface area contributed by atoms with Crippen LogP contribution in [0.4, 0.5) is 0 Å². The molecule has 198 valence electrons. The average molecular weight is 596 g/mol. The van der Waals surface area contributed by atoms with E-state index in [0.717, 1.165) is 26.4 Å². The smallest absolute Gasteiger partial charge is 0.176 e. The van der Waals surface area contributed by atoms with E-state index < -0.39 is 17.5 Å². The van der Waals surface area contributed by atoms with Crippen molar-refractivity contribution in [3.63, 3.8) is 0 Å². The number of benzene rings is 4. The van der Waals surface area contributed by atoms with Crippen LogP contribution in [0.3, 0.4) is 0 Å². The third-order valence-electron chi connectivity index (χ3n) is 5.87. The Labute approximate surface area is 239 Å². The molecular weight excluding hydrogens is 571 g/mol. The average Bonchev–Trinajstić information content (AvgIpc) is 2.95. The summed E-state index contributed by atoms with van der Waals surface area (Å²) in [7, 11) is -7.02. The first kappa shape index (κ1) is 29.1. The highest BCUT2D eigenvalue weighted by Crippen LogP contribution is 2.55. The zero-order chi connectivity index (χ0) is 27.9. The van der Waals surface area contributed by atoms with Gasteiger partial charge in [-0.15, -0.1) is 11.8 Å². The highest BCUT2D eigenvalue weighted by molar-refractivity contribution is 8.04. The van der Waals surface area contributed by atoms with E-state index in [1.807, 2.05) is 18.2 Å². The van der Waals surface area contributed by atoms with Gasteiger partial charge in [-0.3, -0.25) is 0 Å². The first-order valence-corrected chi connectivity index (χ1v) is 16.4. The van der Waals surface area contributed by atoms with Crippen molar-refractivity contribution in [3.8, 4) is 11.4 Å². The van der Waals surface area contributed by atoms with Gasteiger partial charge in [-0.05, 0) is 42.7 Å². The van der Waals surface area contributed by atoms with Crippen molar-refractivity contribution in [2.75, 3.05) is 6.26 Å². The summed E-state index contributed by atoms with van der Waals surface area (Å²) in [6, 6.07) is 42.5. The van der Waals surface area contributed by atoms with Crippen molar-refractivity contribution < 1.29 is 28.9 Å². The van der Waals surface area contributed by atoms with Crippen LogP contribution in [-0.2, 0) is 0 Å². The molecule has 2 N–H and O–H groups in total. The molecule has 1 heterocycles. The number of hydrogen-bond donors (Lipinski definition) is 2. The van der Waals surface area contributed by atoms with Gasteiger partial charge in [0, 0.05) is 5.56 Å². The normalized spacial score (nSPS) is 11.4. The van der Waals surface area contributed by atoms with Gasteiger partial charge in [-0.1, -0.05) is 97.1 Å². The molecular formula is C29H25ClN2O4PS2+.